The molecule has 3 heteroatoms. The molecule has 98 valence electrons. The Morgan fingerprint density at radius 2 is 2.44 bits per heavy atom. The molecule has 3 rings (SSSR count). The van der Waals surface area contributed by atoms with E-state index in [2.05, 4.69) is 23.3 Å². The van der Waals surface area contributed by atoms with Crippen molar-refractivity contribution in [2.24, 2.45) is 5.92 Å². The Labute approximate surface area is 109 Å². The summed E-state index contributed by atoms with van der Waals surface area (Å²) in [5.41, 5.74) is 1.33. The van der Waals surface area contributed by atoms with Crippen molar-refractivity contribution in [3.63, 3.8) is 0 Å². The SMILES string of the molecule is CCNC(Cc1cccnc1)C1CC2CCC1O2. The van der Waals surface area contributed by atoms with E-state index in [9.17, 15) is 0 Å². The van der Waals surface area contributed by atoms with Crippen molar-refractivity contribution >= 4 is 0 Å². The molecular formula is C15H22N2O. The molecule has 0 amide bonds. The number of nitrogens with one attached hydrogen (secondary N) is 1. The van der Waals surface area contributed by atoms with Crippen LogP contribution in [0.5, 0.6) is 0 Å². The Kier molecular flexibility index (Phi) is 3.62. The normalized spacial score (nSPS) is 31.7. The van der Waals surface area contributed by atoms with Crippen molar-refractivity contribution in [3.8, 4) is 0 Å². The molecule has 2 aliphatic heterocycles. The summed E-state index contributed by atoms with van der Waals surface area (Å²) in [6, 6.07) is 4.73. The molecule has 3 heterocycles. The third-order valence-corrected chi connectivity index (χ3v) is 4.31. The highest BCUT2D eigenvalue weighted by Crippen LogP contribution is 2.40. The van der Waals surface area contributed by atoms with Crippen LogP contribution in [0.25, 0.3) is 0 Å². The van der Waals surface area contributed by atoms with E-state index in [1.165, 1.54) is 24.8 Å². The standard InChI is InChI=1S/C15H22N2O/c1-2-17-14(8-11-4-3-7-16-10-11)13-9-12-5-6-15(13)18-12/h3-4,7,10,12-15,17H,2,5-6,8-9H2,1H3. The third-order valence-electron chi connectivity index (χ3n) is 4.31. The Balaban J connectivity index is 1.68. The van der Waals surface area contributed by atoms with Crippen LogP contribution in [0.15, 0.2) is 24.5 Å². The van der Waals surface area contributed by atoms with E-state index in [1.807, 2.05) is 18.5 Å². The molecule has 2 fully saturated rings. The first kappa shape index (κ1) is 12.1. The second-order valence-corrected chi connectivity index (χ2v) is 5.50. The Hall–Kier alpha value is -0.930. The maximum Gasteiger partial charge on any atom is 0.0623 e. The number of hydrogen-bond donors (Lipinski definition) is 1. The topological polar surface area (TPSA) is 34.2 Å². The van der Waals surface area contributed by atoms with Crippen molar-refractivity contribution in [2.75, 3.05) is 6.54 Å². The van der Waals surface area contributed by atoms with Crippen LogP contribution in [0, 0.1) is 5.92 Å². The quantitative estimate of drug-likeness (QED) is 0.864. The highest BCUT2D eigenvalue weighted by molar-refractivity contribution is 5.11. The molecular weight excluding hydrogens is 224 g/mol. The number of likely N-dealkylation sites (N-methyl/N-ethyl adjacent to an activating group) is 1. The highest BCUT2D eigenvalue weighted by Gasteiger charge is 2.43. The first-order chi connectivity index (χ1) is 8.86. The molecule has 1 aromatic heterocycles. The van der Waals surface area contributed by atoms with Gasteiger partial charge in [-0.05, 0) is 43.9 Å². The second-order valence-electron chi connectivity index (χ2n) is 5.50. The van der Waals surface area contributed by atoms with E-state index in [0.717, 1.165) is 13.0 Å². The number of hydrogen-bond acceptors (Lipinski definition) is 3. The monoisotopic (exact) mass is 246 g/mol. The predicted molar refractivity (Wildman–Crippen MR) is 71.4 cm³/mol. The largest absolute Gasteiger partial charge is 0.375 e. The second kappa shape index (κ2) is 5.37. The molecule has 1 aromatic rings. The van der Waals surface area contributed by atoms with Crippen LogP contribution in [0.1, 0.15) is 31.7 Å². The molecule has 2 saturated heterocycles. The van der Waals surface area contributed by atoms with Gasteiger partial charge in [0.05, 0.1) is 12.2 Å². The van der Waals surface area contributed by atoms with Gasteiger partial charge in [-0.15, -0.1) is 0 Å². The zero-order valence-corrected chi connectivity index (χ0v) is 11.0. The Bertz CT molecular complexity index is 381. The lowest BCUT2D eigenvalue weighted by Gasteiger charge is -2.29. The van der Waals surface area contributed by atoms with Gasteiger partial charge in [-0.2, -0.15) is 0 Å². The first-order valence-corrected chi connectivity index (χ1v) is 7.14. The van der Waals surface area contributed by atoms with Crippen LogP contribution >= 0.6 is 0 Å². The summed E-state index contributed by atoms with van der Waals surface area (Å²) < 4.78 is 5.99. The maximum atomic E-state index is 5.99. The summed E-state index contributed by atoms with van der Waals surface area (Å²) in [6.07, 6.45) is 9.69. The van der Waals surface area contributed by atoms with E-state index in [1.54, 1.807) is 0 Å². The van der Waals surface area contributed by atoms with Crippen LogP contribution in [0.3, 0.4) is 0 Å². The molecule has 4 atom stereocenters. The smallest absolute Gasteiger partial charge is 0.0623 e. The van der Waals surface area contributed by atoms with Gasteiger partial charge in [0.25, 0.3) is 0 Å². The first-order valence-electron chi connectivity index (χ1n) is 7.14. The lowest BCUT2D eigenvalue weighted by molar-refractivity contribution is 0.0858. The minimum atomic E-state index is 0.496. The molecule has 2 aliphatic rings. The van der Waals surface area contributed by atoms with Crippen molar-refractivity contribution in [3.05, 3.63) is 30.1 Å². The zero-order valence-electron chi connectivity index (χ0n) is 11.0. The third kappa shape index (κ3) is 2.43. The van der Waals surface area contributed by atoms with E-state index in [0.29, 0.717) is 24.2 Å². The summed E-state index contributed by atoms with van der Waals surface area (Å²) >= 11 is 0. The van der Waals surface area contributed by atoms with Gasteiger partial charge in [-0.25, -0.2) is 0 Å². The molecule has 2 bridgehead atoms. The van der Waals surface area contributed by atoms with Crippen LogP contribution in [0.4, 0.5) is 0 Å². The highest BCUT2D eigenvalue weighted by atomic mass is 16.5. The summed E-state index contributed by atoms with van der Waals surface area (Å²) in [5, 5.41) is 3.65. The average Bonchev–Trinajstić information content (AvgIpc) is 3.02. The Morgan fingerprint density at radius 3 is 3.06 bits per heavy atom. The van der Waals surface area contributed by atoms with Gasteiger partial charge in [-0.3, -0.25) is 4.98 Å². The number of nitrogens with zero attached hydrogens (tertiary/aromatic N) is 1. The number of fused-ring (bicyclic) bond motifs is 2. The van der Waals surface area contributed by atoms with Gasteiger partial charge in [0.15, 0.2) is 0 Å². The lowest BCUT2D eigenvalue weighted by atomic mass is 9.81. The molecule has 0 radical (unpaired) electrons. The molecule has 4 unspecified atom stereocenters. The van der Waals surface area contributed by atoms with Crippen molar-refractivity contribution < 1.29 is 4.74 Å². The molecule has 0 saturated carbocycles. The molecule has 0 aliphatic carbocycles. The average molecular weight is 246 g/mol. The van der Waals surface area contributed by atoms with Gasteiger partial charge in [0, 0.05) is 24.4 Å². The molecule has 18 heavy (non-hydrogen) atoms. The van der Waals surface area contributed by atoms with E-state index in [-0.39, 0.29) is 0 Å². The summed E-state index contributed by atoms with van der Waals surface area (Å²) in [7, 11) is 0. The minimum Gasteiger partial charge on any atom is -0.375 e. The number of rotatable bonds is 5. The van der Waals surface area contributed by atoms with E-state index >= 15 is 0 Å². The summed E-state index contributed by atoms with van der Waals surface area (Å²) in [5.74, 6) is 0.684. The molecule has 0 aromatic carbocycles. The van der Waals surface area contributed by atoms with Crippen molar-refractivity contribution in [1.82, 2.24) is 10.3 Å². The minimum absolute atomic E-state index is 0.496. The molecule has 3 nitrogen and oxygen atoms in total. The van der Waals surface area contributed by atoms with Crippen LogP contribution in [0.2, 0.25) is 0 Å². The van der Waals surface area contributed by atoms with E-state index < -0.39 is 0 Å². The lowest BCUT2D eigenvalue weighted by Crippen LogP contribution is -2.42. The fraction of sp³-hybridized carbons (Fsp3) is 0.667. The predicted octanol–water partition coefficient (Wildman–Crippen LogP) is 2.17. The van der Waals surface area contributed by atoms with Crippen molar-refractivity contribution in [1.29, 1.82) is 0 Å². The van der Waals surface area contributed by atoms with Crippen LogP contribution in [-0.2, 0) is 11.2 Å². The summed E-state index contributed by atoms with van der Waals surface area (Å²) in [6.45, 7) is 3.21. The van der Waals surface area contributed by atoms with Crippen LogP contribution < -0.4 is 5.32 Å². The fourth-order valence-electron chi connectivity index (χ4n) is 3.51. The van der Waals surface area contributed by atoms with Crippen LogP contribution in [-0.4, -0.2) is 29.8 Å². The number of ether oxygens (including phenoxy) is 1. The molecule has 1 N–H and O–H groups in total. The van der Waals surface area contributed by atoms with Crippen molar-refractivity contribution in [2.45, 2.75) is 50.9 Å². The van der Waals surface area contributed by atoms with Gasteiger partial charge >= 0.3 is 0 Å². The Morgan fingerprint density at radius 1 is 1.50 bits per heavy atom. The zero-order chi connectivity index (χ0) is 12.4. The van der Waals surface area contributed by atoms with Gasteiger partial charge < -0.3 is 10.1 Å². The van der Waals surface area contributed by atoms with Gasteiger partial charge in [-0.1, -0.05) is 13.0 Å². The number of aromatic nitrogens is 1. The van der Waals surface area contributed by atoms with Gasteiger partial charge in [0.2, 0.25) is 0 Å². The fourth-order valence-corrected chi connectivity index (χ4v) is 3.51. The van der Waals surface area contributed by atoms with Gasteiger partial charge in [0.1, 0.15) is 0 Å². The summed E-state index contributed by atoms with van der Waals surface area (Å²) in [4.78, 5) is 4.21. The van der Waals surface area contributed by atoms with E-state index in [4.69, 9.17) is 4.74 Å². The number of pyridine rings is 1. The maximum absolute atomic E-state index is 5.99. The molecule has 0 spiro atoms.